The van der Waals surface area contributed by atoms with Crippen molar-refractivity contribution in [3.8, 4) is 0 Å². The fourth-order valence-corrected chi connectivity index (χ4v) is 4.33. The Morgan fingerprint density at radius 3 is 2.57 bits per heavy atom. The number of aliphatic hydroxyl groups is 2. The Morgan fingerprint density at radius 2 is 1.93 bits per heavy atom. The molecular weight excluding hydrogens is 382 g/mol. The number of nitrogens with zero attached hydrogens (tertiary/aromatic N) is 3. The normalized spacial score (nSPS) is 25.0. The van der Waals surface area contributed by atoms with Gasteiger partial charge >= 0.3 is 0 Å². The lowest BCUT2D eigenvalue weighted by Crippen LogP contribution is -2.48. The van der Waals surface area contributed by atoms with Gasteiger partial charge < -0.3 is 24.7 Å². The Labute approximate surface area is 179 Å². The maximum atomic E-state index is 13.4. The van der Waals surface area contributed by atoms with Crippen LogP contribution in [0, 0.1) is 17.8 Å². The number of rotatable bonds is 4. The van der Waals surface area contributed by atoms with Crippen LogP contribution < -0.4 is 0 Å². The molecule has 1 amide bonds. The lowest BCUT2D eigenvalue weighted by atomic mass is 9.86. The molecule has 0 radical (unpaired) electrons. The highest BCUT2D eigenvalue weighted by atomic mass is 16.5. The third-order valence-electron chi connectivity index (χ3n) is 5.86. The molecule has 0 aromatic rings. The molecule has 1 fully saturated rings. The summed E-state index contributed by atoms with van der Waals surface area (Å²) in [7, 11) is 0. The summed E-state index contributed by atoms with van der Waals surface area (Å²) in [5, 5.41) is 20.6. The maximum Gasteiger partial charge on any atom is 0.292 e. The highest BCUT2D eigenvalue weighted by Crippen LogP contribution is 2.30. The minimum Gasteiger partial charge on any atom is -0.508 e. The summed E-state index contributed by atoms with van der Waals surface area (Å²) in [6.07, 6.45) is 2.91. The number of allylic oxidation sites excluding steroid dienone is 2. The quantitative estimate of drug-likeness (QED) is 0.735. The van der Waals surface area contributed by atoms with E-state index in [1.165, 1.54) is 6.08 Å². The van der Waals surface area contributed by atoms with Gasteiger partial charge in [-0.25, -0.2) is 4.99 Å². The van der Waals surface area contributed by atoms with Gasteiger partial charge in [0.25, 0.3) is 6.02 Å². The van der Waals surface area contributed by atoms with Gasteiger partial charge in [0.1, 0.15) is 5.76 Å². The Morgan fingerprint density at radius 1 is 1.20 bits per heavy atom. The van der Waals surface area contributed by atoms with E-state index in [1.54, 1.807) is 6.08 Å². The van der Waals surface area contributed by atoms with E-state index in [0.717, 1.165) is 24.2 Å². The van der Waals surface area contributed by atoms with Crippen molar-refractivity contribution >= 4 is 11.9 Å². The molecule has 2 heterocycles. The molecule has 0 saturated carbocycles. The predicted octanol–water partition coefficient (Wildman–Crippen LogP) is 2.85. The van der Waals surface area contributed by atoms with Gasteiger partial charge in [-0.1, -0.05) is 33.8 Å². The number of aliphatic imine (C=N–C) groups is 1. The zero-order valence-electron chi connectivity index (χ0n) is 18.8. The molecule has 2 bridgehead atoms. The standard InChI is InChI=1S/C23H35N3O4/c1-6-30-23-24-21(15(4)5)16-12-25(8-7-9-26(23)13-16)22(29)18-10-17(14(2)3)19(27)11-20(18)28/h10-11,14-15,18,20,27-28H,6-9,12-13H2,1-5H3. The molecule has 1 aliphatic carbocycles. The highest BCUT2D eigenvalue weighted by molar-refractivity contribution is 5.83. The van der Waals surface area contributed by atoms with E-state index in [0.29, 0.717) is 37.8 Å². The van der Waals surface area contributed by atoms with E-state index < -0.39 is 12.0 Å². The lowest BCUT2D eigenvalue weighted by molar-refractivity contribution is -0.136. The van der Waals surface area contributed by atoms with E-state index in [4.69, 9.17) is 9.73 Å². The fraction of sp³-hybridized carbons (Fsp3) is 0.652. The minimum atomic E-state index is -1.02. The number of carbonyl (C=O) groups is 1. The Balaban J connectivity index is 1.89. The zero-order chi connectivity index (χ0) is 22.0. The first-order valence-electron chi connectivity index (χ1n) is 11.0. The molecule has 7 heteroatoms. The van der Waals surface area contributed by atoms with Gasteiger partial charge in [0.15, 0.2) is 0 Å². The van der Waals surface area contributed by atoms with E-state index in [9.17, 15) is 15.0 Å². The van der Waals surface area contributed by atoms with Gasteiger partial charge in [-0.15, -0.1) is 0 Å². The van der Waals surface area contributed by atoms with Gasteiger partial charge in [0, 0.05) is 26.2 Å². The van der Waals surface area contributed by atoms with Crippen LogP contribution in [0.25, 0.3) is 0 Å². The van der Waals surface area contributed by atoms with Crippen molar-refractivity contribution in [1.82, 2.24) is 9.80 Å². The largest absolute Gasteiger partial charge is 0.508 e. The van der Waals surface area contributed by atoms with Crippen LogP contribution in [0.3, 0.4) is 0 Å². The van der Waals surface area contributed by atoms with E-state index in [-0.39, 0.29) is 23.5 Å². The maximum absolute atomic E-state index is 13.4. The van der Waals surface area contributed by atoms with Crippen LogP contribution in [0.15, 0.2) is 39.7 Å². The number of amidine groups is 1. The van der Waals surface area contributed by atoms with Gasteiger partial charge in [-0.3, -0.25) is 4.79 Å². The number of amides is 1. The minimum absolute atomic E-state index is 0.0692. The number of carbonyl (C=O) groups excluding carboxylic acids is 1. The second-order valence-corrected chi connectivity index (χ2v) is 8.85. The van der Waals surface area contributed by atoms with Crippen LogP contribution >= 0.6 is 0 Å². The van der Waals surface area contributed by atoms with E-state index >= 15 is 0 Å². The Kier molecular flexibility index (Phi) is 6.91. The molecule has 0 aromatic heterocycles. The number of fused-ring (bicyclic) bond motifs is 2. The van der Waals surface area contributed by atoms with Crippen molar-refractivity contribution in [1.29, 1.82) is 0 Å². The van der Waals surface area contributed by atoms with E-state index in [2.05, 4.69) is 18.7 Å². The van der Waals surface area contributed by atoms with Crippen molar-refractivity contribution in [2.45, 2.75) is 47.1 Å². The second-order valence-electron chi connectivity index (χ2n) is 8.85. The number of aliphatic hydroxyl groups excluding tert-OH is 2. The molecule has 3 rings (SSSR count). The molecule has 30 heavy (non-hydrogen) atoms. The number of ether oxygens (including phenoxy) is 1. The molecule has 1 saturated heterocycles. The Hall–Kier alpha value is -2.28. The van der Waals surface area contributed by atoms with Crippen molar-refractivity contribution in [3.63, 3.8) is 0 Å². The first kappa shape index (κ1) is 22.4. The fourth-order valence-electron chi connectivity index (χ4n) is 4.33. The predicted molar refractivity (Wildman–Crippen MR) is 117 cm³/mol. The van der Waals surface area contributed by atoms with Crippen LogP contribution in [-0.4, -0.2) is 70.8 Å². The summed E-state index contributed by atoms with van der Waals surface area (Å²) in [4.78, 5) is 22.2. The summed E-state index contributed by atoms with van der Waals surface area (Å²) in [6, 6.07) is 0.678. The summed E-state index contributed by atoms with van der Waals surface area (Å²) >= 11 is 0. The molecule has 0 spiro atoms. The Bertz CT molecular complexity index is 794. The van der Waals surface area contributed by atoms with Crippen molar-refractivity contribution in [3.05, 3.63) is 34.8 Å². The summed E-state index contributed by atoms with van der Waals surface area (Å²) < 4.78 is 5.76. The first-order chi connectivity index (χ1) is 14.2. The summed E-state index contributed by atoms with van der Waals surface area (Å²) in [5.41, 5.74) is 2.82. The molecule has 7 nitrogen and oxygen atoms in total. The van der Waals surface area contributed by atoms with Crippen LogP contribution in [0.5, 0.6) is 0 Å². The van der Waals surface area contributed by atoms with E-state index in [1.807, 2.05) is 25.7 Å². The highest BCUT2D eigenvalue weighted by Gasteiger charge is 2.35. The molecule has 0 aromatic carbocycles. The van der Waals surface area contributed by atoms with Crippen molar-refractivity contribution < 1.29 is 19.7 Å². The van der Waals surface area contributed by atoms with Gasteiger partial charge in [-0.2, -0.15) is 0 Å². The average Bonchev–Trinajstić information content (AvgIpc) is 2.65. The van der Waals surface area contributed by atoms with Crippen LogP contribution in [-0.2, 0) is 9.53 Å². The lowest BCUT2D eigenvalue weighted by Gasteiger charge is -2.38. The van der Waals surface area contributed by atoms with Gasteiger partial charge in [-0.05, 0) is 42.4 Å². The molecule has 2 unspecified atom stereocenters. The second kappa shape index (κ2) is 9.25. The third kappa shape index (κ3) is 4.56. The topological polar surface area (TPSA) is 85.6 Å². The zero-order valence-corrected chi connectivity index (χ0v) is 18.8. The van der Waals surface area contributed by atoms with Gasteiger partial charge in [0.05, 0.1) is 24.3 Å². The molecule has 2 atom stereocenters. The van der Waals surface area contributed by atoms with Crippen molar-refractivity contribution in [2.75, 3.05) is 32.8 Å². The molecule has 3 aliphatic rings. The first-order valence-corrected chi connectivity index (χ1v) is 11.0. The molecule has 166 valence electrons. The number of hydrogen-bond donors (Lipinski definition) is 2. The summed E-state index contributed by atoms with van der Waals surface area (Å²) in [5.74, 6) is -0.415. The smallest absolute Gasteiger partial charge is 0.292 e. The number of hydrogen-bond acceptors (Lipinski definition) is 6. The van der Waals surface area contributed by atoms with Crippen LogP contribution in [0.1, 0.15) is 41.0 Å². The average molecular weight is 418 g/mol. The molecule has 2 aliphatic heterocycles. The molecule has 2 N–H and O–H groups in total. The van der Waals surface area contributed by atoms with Gasteiger partial charge in [0.2, 0.25) is 5.91 Å². The molecular formula is C23H35N3O4. The van der Waals surface area contributed by atoms with Crippen LogP contribution in [0.2, 0.25) is 0 Å². The SMILES string of the molecule is CCOC1=NC(C(C)C)=C2CN(C(=O)C3C=C(C(C)C)C(O)=CC3O)CCCN1C2. The monoisotopic (exact) mass is 417 g/mol. The van der Waals surface area contributed by atoms with Crippen molar-refractivity contribution in [2.24, 2.45) is 22.7 Å². The van der Waals surface area contributed by atoms with Crippen LogP contribution in [0.4, 0.5) is 0 Å². The third-order valence-corrected chi connectivity index (χ3v) is 5.86. The summed E-state index contributed by atoms with van der Waals surface area (Å²) in [6.45, 7) is 13.2.